The number of benzene rings is 2. The Morgan fingerprint density at radius 3 is 2.72 bits per heavy atom. The number of aromatic nitrogens is 2. The third-order valence-corrected chi connectivity index (χ3v) is 3.86. The summed E-state index contributed by atoms with van der Waals surface area (Å²) in [5, 5.41) is 7.62. The maximum Gasteiger partial charge on any atom is 0.144 e. The van der Waals surface area contributed by atoms with E-state index in [1.807, 2.05) is 24.3 Å². The van der Waals surface area contributed by atoms with E-state index in [-0.39, 0.29) is 0 Å². The highest BCUT2D eigenvalue weighted by Crippen LogP contribution is 2.33. The van der Waals surface area contributed by atoms with E-state index in [1.54, 1.807) is 20.5 Å². The summed E-state index contributed by atoms with van der Waals surface area (Å²) in [6.07, 6.45) is 1.55. The zero-order chi connectivity index (χ0) is 17.6. The van der Waals surface area contributed by atoms with Crippen molar-refractivity contribution in [3.05, 3.63) is 48.3 Å². The van der Waals surface area contributed by atoms with Crippen LogP contribution < -0.4 is 15.4 Å². The Morgan fingerprint density at radius 2 is 1.96 bits per heavy atom. The van der Waals surface area contributed by atoms with Crippen molar-refractivity contribution >= 4 is 28.1 Å². The van der Waals surface area contributed by atoms with Crippen molar-refractivity contribution in [1.29, 1.82) is 0 Å². The first-order valence-corrected chi connectivity index (χ1v) is 8.10. The fourth-order valence-corrected chi connectivity index (χ4v) is 2.64. The Morgan fingerprint density at radius 1 is 1.08 bits per heavy atom. The average molecular weight is 338 g/mol. The van der Waals surface area contributed by atoms with Gasteiger partial charge in [0.2, 0.25) is 0 Å². The maximum atomic E-state index is 5.47. The lowest BCUT2D eigenvalue weighted by molar-refractivity contribution is 0.210. The fourth-order valence-electron chi connectivity index (χ4n) is 2.64. The number of nitrogens with one attached hydrogen (secondary N) is 2. The summed E-state index contributed by atoms with van der Waals surface area (Å²) in [5.74, 6) is 1.50. The van der Waals surface area contributed by atoms with E-state index < -0.39 is 0 Å². The van der Waals surface area contributed by atoms with Crippen LogP contribution in [-0.4, -0.2) is 37.3 Å². The van der Waals surface area contributed by atoms with Crippen molar-refractivity contribution in [3.63, 3.8) is 0 Å². The molecule has 0 saturated heterocycles. The normalized spacial score (nSPS) is 10.7. The molecule has 6 heteroatoms. The Labute approximate surface area is 147 Å². The number of methoxy groups -OCH3 is 2. The van der Waals surface area contributed by atoms with Crippen LogP contribution in [0.1, 0.15) is 5.56 Å². The molecule has 3 rings (SSSR count). The van der Waals surface area contributed by atoms with Crippen molar-refractivity contribution in [3.8, 4) is 5.75 Å². The number of ether oxygens (including phenoxy) is 2. The van der Waals surface area contributed by atoms with Gasteiger partial charge in [-0.05, 0) is 30.7 Å². The van der Waals surface area contributed by atoms with Crippen LogP contribution >= 0.6 is 0 Å². The molecule has 0 aliphatic heterocycles. The summed E-state index contributed by atoms with van der Waals surface area (Å²) < 4.78 is 10.6. The summed E-state index contributed by atoms with van der Waals surface area (Å²) in [5.41, 5.74) is 3.88. The lowest BCUT2D eigenvalue weighted by Crippen LogP contribution is -2.09. The second-order valence-corrected chi connectivity index (χ2v) is 5.71. The van der Waals surface area contributed by atoms with Gasteiger partial charge in [-0.3, -0.25) is 0 Å². The van der Waals surface area contributed by atoms with Crippen LogP contribution in [-0.2, 0) is 4.74 Å². The molecule has 0 saturated carbocycles. The van der Waals surface area contributed by atoms with Crippen LogP contribution in [0.15, 0.2) is 42.7 Å². The summed E-state index contributed by atoms with van der Waals surface area (Å²) in [4.78, 5) is 8.77. The van der Waals surface area contributed by atoms with Crippen LogP contribution in [0.4, 0.5) is 17.2 Å². The fraction of sp³-hybridized carbons (Fsp3) is 0.263. The smallest absolute Gasteiger partial charge is 0.144 e. The van der Waals surface area contributed by atoms with E-state index in [0.717, 1.165) is 33.8 Å². The van der Waals surface area contributed by atoms with Gasteiger partial charge in [0.15, 0.2) is 0 Å². The van der Waals surface area contributed by atoms with Gasteiger partial charge in [-0.1, -0.05) is 12.1 Å². The van der Waals surface area contributed by atoms with E-state index in [2.05, 4.69) is 39.7 Å². The molecular weight excluding hydrogens is 316 g/mol. The van der Waals surface area contributed by atoms with Gasteiger partial charge in [-0.2, -0.15) is 0 Å². The number of nitrogens with zero attached hydrogens (tertiary/aromatic N) is 2. The van der Waals surface area contributed by atoms with E-state index in [9.17, 15) is 0 Å². The quantitative estimate of drug-likeness (QED) is 0.640. The van der Waals surface area contributed by atoms with Gasteiger partial charge >= 0.3 is 0 Å². The Kier molecular flexibility index (Phi) is 5.30. The predicted octanol–water partition coefficient (Wildman–Crippen LogP) is 3.75. The van der Waals surface area contributed by atoms with E-state index >= 15 is 0 Å². The summed E-state index contributed by atoms with van der Waals surface area (Å²) >= 11 is 0. The topological polar surface area (TPSA) is 68.3 Å². The molecule has 3 aromatic rings. The standard InChI is InChI=1S/C19H22N4O2/c1-13-5-4-6-14(9-13)23-19-15-10-17(20-7-8-24-2)18(25-3)11-16(15)21-12-22-19/h4-6,9-12,20H,7-8H2,1-3H3,(H,21,22,23). The first-order chi connectivity index (χ1) is 12.2. The largest absolute Gasteiger partial charge is 0.495 e. The number of hydrogen-bond donors (Lipinski definition) is 2. The van der Waals surface area contributed by atoms with Crippen molar-refractivity contribution in [2.45, 2.75) is 6.92 Å². The molecule has 0 atom stereocenters. The second kappa shape index (κ2) is 7.81. The molecule has 0 fully saturated rings. The summed E-state index contributed by atoms with van der Waals surface area (Å²) in [7, 11) is 3.33. The van der Waals surface area contributed by atoms with Crippen molar-refractivity contribution in [2.75, 3.05) is 38.0 Å². The van der Waals surface area contributed by atoms with Gasteiger partial charge in [-0.25, -0.2) is 9.97 Å². The van der Waals surface area contributed by atoms with Gasteiger partial charge in [0.25, 0.3) is 0 Å². The summed E-state index contributed by atoms with van der Waals surface area (Å²) in [6, 6.07) is 12.1. The minimum absolute atomic E-state index is 0.612. The molecule has 0 unspecified atom stereocenters. The lowest BCUT2D eigenvalue weighted by atomic mass is 10.1. The van der Waals surface area contributed by atoms with Crippen molar-refractivity contribution in [1.82, 2.24) is 9.97 Å². The van der Waals surface area contributed by atoms with Crippen LogP contribution in [0.25, 0.3) is 10.9 Å². The van der Waals surface area contributed by atoms with Gasteiger partial charge in [0.1, 0.15) is 17.9 Å². The molecule has 0 aliphatic rings. The third kappa shape index (κ3) is 3.97. The van der Waals surface area contributed by atoms with E-state index in [0.29, 0.717) is 13.2 Å². The number of rotatable bonds is 7. The predicted molar refractivity (Wildman–Crippen MR) is 101 cm³/mol. The molecule has 0 radical (unpaired) electrons. The van der Waals surface area contributed by atoms with E-state index in [4.69, 9.17) is 9.47 Å². The number of fused-ring (bicyclic) bond motifs is 1. The molecule has 0 aliphatic carbocycles. The van der Waals surface area contributed by atoms with Crippen LogP contribution in [0.2, 0.25) is 0 Å². The highest BCUT2D eigenvalue weighted by atomic mass is 16.5. The van der Waals surface area contributed by atoms with Crippen molar-refractivity contribution in [2.24, 2.45) is 0 Å². The van der Waals surface area contributed by atoms with Gasteiger partial charge in [-0.15, -0.1) is 0 Å². The van der Waals surface area contributed by atoms with Gasteiger partial charge < -0.3 is 20.1 Å². The van der Waals surface area contributed by atoms with E-state index in [1.165, 1.54) is 5.56 Å². The molecule has 2 aromatic carbocycles. The highest BCUT2D eigenvalue weighted by molar-refractivity contribution is 5.94. The molecule has 0 bridgehead atoms. The number of anilines is 3. The van der Waals surface area contributed by atoms with Crippen LogP contribution in [0.5, 0.6) is 5.75 Å². The Hall–Kier alpha value is -2.86. The Bertz CT molecular complexity index is 867. The maximum absolute atomic E-state index is 5.47. The zero-order valence-electron chi connectivity index (χ0n) is 14.7. The SMILES string of the molecule is COCCNc1cc2c(Nc3cccc(C)c3)ncnc2cc1OC. The molecule has 1 heterocycles. The molecular formula is C19H22N4O2. The third-order valence-electron chi connectivity index (χ3n) is 3.86. The van der Waals surface area contributed by atoms with Crippen LogP contribution in [0.3, 0.4) is 0 Å². The second-order valence-electron chi connectivity index (χ2n) is 5.71. The Balaban J connectivity index is 1.99. The zero-order valence-corrected chi connectivity index (χ0v) is 14.7. The van der Waals surface area contributed by atoms with Gasteiger partial charge in [0.05, 0.1) is 24.9 Å². The first-order valence-electron chi connectivity index (χ1n) is 8.10. The monoisotopic (exact) mass is 338 g/mol. The molecule has 130 valence electrons. The minimum atomic E-state index is 0.612. The molecule has 1 aromatic heterocycles. The minimum Gasteiger partial charge on any atom is -0.495 e. The lowest BCUT2D eigenvalue weighted by Gasteiger charge is -2.14. The van der Waals surface area contributed by atoms with Crippen LogP contribution in [0, 0.1) is 6.92 Å². The number of aryl methyl sites for hydroxylation is 1. The van der Waals surface area contributed by atoms with Crippen molar-refractivity contribution < 1.29 is 9.47 Å². The highest BCUT2D eigenvalue weighted by Gasteiger charge is 2.10. The molecule has 2 N–H and O–H groups in total. The summed E-state index contributed by atoms with van der Waals surface area (Å²) in [6.45, 7) is 3.36. The molecule has 0 amide bonds. The van der Waals surface area contributed by atoms with Gasteiger partial charge in [0, 0.05) is 30.8 Å². The molecule has 25 heavy (non-hydrogen) atoms. The molecule has 0 spiro atoms. The number of hydrogen-bond acceptors (Lipinski definition) is 6. The average Bonchev–Trinajstić information content (AvgIpc) is 2.62. The molecule has 6 nitrogen and oxygen atoms in total. The first kappa shape index (κ1) is 17.0.